The van der Waals surface area contributed by atoms with Crippen molar-refractivity contribution in [3.05, 3.63) is 34.3 Å². The second-order valence-electron chi connectivity index (χ2n) is 7.95. The molecule has 3 N–H and O–H groups in total. The van der Waals surface area contributed by atoms with Crippen molar-refractivity contribution in [3.8, 4) is 0 Å². The Morgan fingerprint density at radius 3 is 2.66 bits per heavy atom. The van der Waals surface area contributed by atoms with Gasteiger partial charge in [-0.1, -0.05) is 19.9 Å². The Labute approximate surface area is 173 Å². The number of esters is 1. The first kappa shape index (κ1) is 23.0. The lowest BCUT2D eigenvalue weighted by atomic mass is 9.69. The quantitative estimate of drug-likeness (QED) is 0.367. The van der Waals surface area contributed by atoms with Crippen LogP contribution in [0.25, 0.3) is 0 Å². The maximum Gasteiger partial charge on any atom is 0.336 e. The zero-order chi connectivity index (χ0) is 21.6. The highest BCUT2D eigenvalue weighted by Gasteiger charge is 2.44. The minimum atomic E-state index is -0.577. The Kier molecular flexibility index (Phi) is 7.93. The van der Waals surface area contributed by atoms with Gasteiger partial charge in [-0.15, -0.1) is 0 Å². The minimum absolute atomic E-state index is 0.0307. The van der Waals surface area contributed by atoms with Crippen molar-refractivity contribution in [3.63, 3.8) is 0 Å². The summed E-state index contributed by atoms with van der Waals surface area (Å²) in [4.78, 5) is 30.6. The summed E-state index contributed by atoms with van der Waals surface area (Å²) < 4.78 is 11.0. The number of nitrogens with one attached hydrogen (secondary N) is 1. The number of dihydropyridines is 1. The summed E-state index contributed by atoms with van der Waals surface area (Å²) >= 11 is 0. The highest BCUT2D eigenvalue weighted by atomic mass is 16.5. The summed E-state index contributed by atoms with van der Waals surface area (Å²) in [5.74, 6) is -1.01. The van der Waals surface area contributed by atoms with Crippen LogP contribution in [0.1, 0.15) is 47.5 Å². The van der Waals surface area contributed by atoms with Crippen molar-refractivity contribution in [2.24, 2.45) is 22.1 Å². The maximum absolute atomic E-state index is 13.2. The summed E-state index contributed by atoms with van der Waals surface area (Å²) in [6.45, 7) is 10.7. The maximum atomic E-state index is 13.2. The molecule has 7 nitrogen and oxygen atoms in total. The molecular weight excluding hydrogens is 370 g/mol. The van der Waals surface area contributed by atoms with E-state index in [1.54, 1.807) is 13.1 Å². The number of ketones is 1. The number of allylic oxidation sites excluding steroid dienone is 3. The van der Waals surface area contributed by atoms with Gasteiger partial charge in [-0.2, -0.15) is 0 Å². The topological polar surface area (TPSA) is 103 Å². The number of nitrogens with zero attached hydrogens (tertiary/aromatic N) is 1. The van der Waals surface area contributed by atoms with E-state index in [1.165, 1.54) is 0 Å². The van der Waals surface area contributed by atoms with Crippen LogP contribution in [0.3, 0.4) is 0 Å². The Bertz CT molecular complexity index is 775. The van der Waals surface area contributed by atoms with Gasteiger partial charge in [0.05, 0.1) is 37.0 Å². The fourth-order valence-electron chi connectivity index (χ4n) is 3.93. The smallest absolute Gasteiger partial charge is 0.336 e. The summed E-state index contributed by atoms with van der Waals surface area (Å²) in [5.41, 5.74) is 8.46. The standard InChI is InChI=1S/C22H33N3O4/c1-6-14(24-7-2)19-18-15(11-22(4,5)12-17(18)26)25-16(13-28-10-9-23)20(19)21(27)29-8-3/h6-7,19,25H,8-13,23H2,1-5H3/b14-6-,24-7?. The molecule has 29 heavy (non-hydrogen) atoms. The average Bonchev–Trinajstić information content (AvgIpc) is 2.64. The number of hydrogen-bond acceptors (Lipinski definition) is 7. The van der Waals surface area contributed by atoms with Gasteiger partial charge in [0.25, 0.3) is 0 Å². The van der Waals surface area contributed by atoms with Crippen molar-refractivity contribution in [2.75, 3.05) is 26.4 Å². The number of Topliss-reactive ketones (excluding diaryl/α,β-unsaturated/α-hetero) is 1. The Morgan fingerprint density at radius 2 is 2.07 bits per heavy atom. The predicted octanol–water partition coefficient (Wildman–Crippen LogP) is 2.64. The van der Waals surface area contributed by atoms with Crippen LogP contribution in [0.15, 0.2) is 39.3 Å². The number of aliphatic imine (C=N–C) groups is 1. The highest BCUT2D eigenvalue weighted by Crippen LogP contribution is 2.45. The first-order valence-corrected chi connectivity index (χ1v) is 10.2. The molecule has 1 aliphatic carbocycles. The van der Waals surface area contributed by atoms with E-state index in [-0.39, 0.29) is 24.4 Å². The third kappa shape index (κ3) is 5.22. The molecule has 0 aromatic carbocycles. The van der Waals surface area contributed by atoms with Crippen LogP contribution in [0, 0.1) is 11.3 Å². The van der Waals surface area contributed by atoms with Gasteiger partial charge >= 0.3 is 5.97 Å². The molecule has 0 amide bonds. The van der Waals surface area contributed by atoms with Gasteiger partial charge in [0.15, 0.2) is 5.78 Å². The molecule has 0 spiro atoms. The normalized spacial score (nSPS) is 22.1. The molecule has 0 saturated carbocycles. The summed E-state index contributed by atoms with van der Waals surface area (Å²) in [6.07, 6.45) is 4.63. The number of hydrogen-bond donors (Lipinski definition) is 2. The van der Waals surface area contributed by atoms with Crippen LogP contribution in [-0.2, 0) is 19.1 Å². The molecule has 0 radical (unpaired) electrons. The lowest BCUT2D eigenvalue weighted by Gasteiger charge is -2.39. The molecule has 160 valence electrons. The summed E-state index contributed by atoms with van der Waals surface area (Å²) in [6, 6.07) is 0. The lowest BCUT2D eigenvalue weighted by molar-refractivity contribution is -0.139. The summed E-state index contributed by atoms with van der Waals surface area (Å²) in [7, 11) is 0. The lowest BCUT2D eigenvalue weighted by Crippen LogP contribution is -2.41. The molecule has 0 bridgehead atoms. The first-order valence-electron chi connectivity index (χ1n) is 10.2. The predicted molar refractivity (Wildman–Crippen MR) is 113 cm³/mol. The van der Waals surface area contributed by atoms with Crippen molar-refractivity contribution >= 4 is 18.0 Å². The molecule has 1 atom stereocenters. The molecule has 2 rings (SSSR count). The molecule has 7 heteroatoms. The Hall–Kier alpha value is -2.25. The van der Waals surface area contributed by atoms with E-state index in [9.17, 15) is 9.59 Å². The number of carbonyl (C=O) groups is 2. The van der Waals surface area contributed by atoms with Gasteiger partial charge in [-0.3, -0.25) is 9.79 Å². The van der Waals surface area contributed by atoms with E-state index in [4.69, 9.17) is 15.2 Å². The van der Waals surface area contributed by atoms with Gasteiger partial charge in [-0.05, 0) is 32.6 Å². The molecule has 1 unspecified atom stereocenters. The molecule has 1 heterocycles. The number of nitrogens with two attached hydrogens (primary N) is 1. The SMILES string of the molecule is CC=N/C(=C\C)C1C2=C(CC(C)(C)CC2=O)NC(COCCN)=C1C(=O)OCC. The first-order chi connectivity index (χ1) is 13.8. The van der Waals surface area contributed by atoms with E-state index in [0.29, 0.717) is 48.5 Å². The van der Waals surface area contributed by atoms with Crippen LogP contribution < -0.4 is 11.1 Å². The average molecular weight is 404 g/mol. The van der Waals surface area contributed by atoms with Crippen LogP contribution in [-0.4, -0.2) is 44.3 Å². The van der Waals surface area contributed by atoms with Crippen LogP contribution >= 0.6 is 0 Å². The number of carbonyl (C=O) groups excluding carboxylic acids is 2. The monoisotopic (exact) mass is 403 g/mol. The van der Waals surface area contributed by atoms with Gasteiger partial charge in [0, 0.05) is 36.1 Å². The third-order valence-corrected chi connectivity index (χ3v) is 5.00. The van der Waals surface area contributed by atoms with E-state index in [0.717, 1.165) is 5.70 Å². The Balaban J connectivity index is 2.66. The molecular formula is C22H33N3O4. The van der Waals surface area contributed by atoms with E-state index in [2.05, 4.69) is 24.2 Å². The highest BCUT2D eigenvalue weighted by molar-refractivity contribution is 6.03. The van der Waals surface area contributed by atoms with Gasteiger partial charge in [0.1, 0.15) is 0 Å². The third-order valence-electron chi connectivity index (χ3n) is 5.00. The second-order valence-corrected chi connectivity index (χ2v) is 7.95. The largest absolute Gasteiger partial charge is 0.463 e. The van der Waals surface area contributed by atoms with Crippen LogP contribution in [0.2, 0.25) is 0 Å². The molecule has 0 aromatic heterocycles. The summed E-state index contributed by atoms with van der Waals surface area (Å²) in [5, 5.41) is 3.33. The minimum Gasteiger partial charge on any atom is -0.463 e. The van der Waals surface area contributed by atoms with Crippen molar-refractivity contribution < 1.29 is 19.1 Å². The van der Waals surface area contributed by atoms with Crippen LogP contribution in [0.5, 0.6) is 0 Å². The van der Waals surface area contributed by atoms with Gasteiger partial charge in [-0.25, -0.2) is 4.79 Å². The van der Waals surface area contributed by atoms with Gasteiger partial charge in [0.2, 0.25) is 0 Å². The Morgan fingerprint density at radius 1 is 1.34 bits per heavy atom. The molecule has 1 aliphatic heterocycles. The van der Waals surface area contributed by atoms with Crippen molar-refractivity contribution in [1.29, 1.82) is 0 Å². The van der Waals surface area contributed by atoms with Crippen LogP contribution in [0.4, 0.5) is 0 Å². The fourth-order valence-corrected chi connectivity index (χ4v) is 3.93. The second kappa shape index (κ2) is 9.98. The van der Waals surface area contributed by atoms with Crippen molar-refractivity contribution in [1.82, 2.24) is 5.32 Å². The number of ether oxygens (including phenoxy) is 2. The molecule has 0 aromatic rings. The van der Waals surface area contributed by atoms with Gasteiger partial charge < -0.3 is 20.5 Å². The van der Waals surface area contributed by atoms with E-state index in [1.807, 2.05) is 19.9 Å². The molecule has 0 saturated heterocycles. The zero-order valence-corrected chi connectivity index (χ0v) is 18.1. The fraction of sp³-hybridized carbons (Fsp3) is 0.591. The molecule has 0 fully saturated rings. The number of rotatable bonds is 8. The molecule has 2 aliphatic rings. The van der Waals surface area contributed by atoms with E-state index >= 15 is 0 Å². The van der Waals surface area contributed by atoms with Crippen molar-refractivity contribution in [2.45, 2.75) is 47.5 Å². The van der Waals surface area contributed by atoms with E-state index < -0.39 is 11.9 Å². The zero-order valence-electron chi connectivity index (χ0n) is 18.1.